The molecule has 0 fully saturated rings. The summed E-state index contributed by atoms with van der Waals surface area (Å²) in [7, 11) is 0. The zero-order chi connectivity index (χ0) is 45.8. The fourth-order valence-electron chi connectivity index (χ4n) is 12.0. The van der Waals surface area contributed by atoms with Crippen molar-refractivity contribution < 1.29 is 0 Å². The second kappa shape index (κ2) is 16.5. The van der Waals surface area contributed by atoms with E-state index in [0.29, 0.717) is 0 Å². The first kappa shape index (κ1) is 40.5. The molecule has 1 nitrogen and oxygen atoms in total. The summed E-state index contributed by atoms with van der Waals surface area (Å²) in [4.78, 5) is 2.55. The van der Waals surface area contributed by atoms with Crippen LogP contribution < -0.4 is 4.90 Å². The molecule has 2 aliphatic rings. The van der Waals surface area contributed by atoms with Gasteiger partial charge in [-0.15, -0.1) is 0 Å². The molecular weight excluding hydrogens is 831 g/mol. The minimum atomic E-state index is -0.630. The lowest BCUT2D eigenvalue weighted by molar-refractivity contribution is 0.766. The highest BCUT2D eigenvalue weighted by Gasteiger charge is 2.49. The Labute approximate surface area is 404 Å². The molecule has 0 bridgehead atoms. The van der Waals surface area contributed by atoms with E-state index in [-0.39, 0.29) is 0 Å². The van der Waals surface area contributed by atoms with Gasteiger partial charge in [-0.3, -0.25) is 0 Å². The first-order valence-electron chi connectivity index (χ1n) is 24.0. The first-order chi connectivity index (χ1) is 34.3. The molecule has 69 heavy (non-hydrogen) atoms. The molecule has 0 amide bonds. The van der Waals surface area contributed by atoms with E-state index in [1.165, 1.54) is 77.9 Å². The van der Waals surface area contributed by atoms with Gasteiger partial charge < -0.3 is 4.90 Å². The van der Waals surface area contributed by atoms with Gasteiger partial charge >= 0.3 is 0 Å². The van der Waals surface area contributed by atoms with Gasteiger partial charge in [0.05, 0.1) is 22.2 Å². The van der Waals surface area contributed by atoms with Crippen LogP contribution in [-0.2, 0) is 10.8 Å². The van der Waals surface area contributed by atoms with Gasteiger partial charge in [-0.1, -0.05) is 255 Å². The van der Waals surface area contributed by atoms with Crippen LogP contribution in [0.15, 0.2) is 285 Å². The third-order valence-corrected chi connectivity index (χ3v) is 14.8. The molecule has 0 atom stereocenters. The molecule has 0 saturated carbocycles. The Bertz CT molecular complexity index is 3550. The lowest BCUT2D eigenvalue weighted by Gasteiger charge is -2.38. The van der Waals surface area contributed by atoms with Gasteiger partial charge in [0.2, 0.25) is 0 Å². The maximum Gasteiger partial charge on any atom is 0.0734 e. The van der Waals surface area contributed by atoms with Crippen LogP contribution in [0.4, 0.5) is 17.1 Å². The summed E-state index contributed by atoms with van der Waals surface area (Å²) in [5.41, 5.74) is 22.0. The molecule has 0 heterocycles. The third kappa shape index (κ3) is 6.17. The molecule has 1 heteroatoms. The summed E-state index contributed by atoms with van der Waals surface area (Å²) in [6.45, 7) is 0. The number of nitrogens with zero attached hydrogens (tertiary/aromatic N) is 1. The second-order valence-electron chi connectivity index (χ2n) is 18.3. The monoisotopic (exact) mass is 877 g/mol. The van der Waals surface area contributed by atoms with Crippen molar-refractivity contribution in [3.63, 3.8) is 0 Å². The number of anilines is 3. The van der Waals surface area contributed by atoms with Crippen LogP contribution in [0.2, 0.25) is 0 Å². The summed E-state index contributed by atoms with van der Waals surface area (Å²) in [6, 6.07) is 106. The summed E-state index contributed by atoms with van der Waals surface area (Å²) < 4.78 is 0. The Balaban J connectivity index is 1.12. The topological polar surface area (TPSA) is 3.24 Å². The molecule has 0 aromatic heterocycles. The van der Waals surface area contributed by atoms with Crippen molar-refractivity contribution in [3.05, 3.63) is 330 Å². The number of rotatable bonds is 9. The highest BCUT2D eigenvalue weighted by atomic mass is 15.1. The highest BCUT2D eigenvalue weighted by molar-refractivity contribution is 5.98. The van der Waals surface area contributed by atoms with Crippen molar-refractivity contribution in [1.29, 1.82) is 0 Å². The van der Waals surface area contributed by atoms with Gasteiger partial charge in [0.15, 0.2) is 0 Å². The van der Waals surface area contributed by atoms with E-state index < -0.39 is 10.8 Å². The van der Waals surface area contributed by atoms with Gasteiger partial charge in [0.25, 0.3) is 0 Å². The largest absolute Gasteiger partial charge is 0.310 e. The van der Waals surface area contributed by atoms with Crippen LogP contribution in [-0.4, -0.2) is 0 Å². The summed E-state index contributed by atoms with van der Waals surface area (Å²) in [6.07, 6.45) is 0. The Morgan fingerprint density at radius 3 is 1.17 bits per heavy atom. The van der Waals surface area contributed by atoms with Crippen LogP contribution in [0, 0.1) is 0 Å². The standard InChI is InChI=1S/C68H47N/c1-6-23-48(24-7-1)50-41-46-64(60(47-50)49-25-8-2-9-26-49)69(55-44-42-54(43-45-55)67(51-27-10-3-11-28-51)61-37-19-16-33-56(61)57-34-17-20-38-62(57)67)65-40-22-36-59-58-35-18-21-39-63(58)68(66(59)65,52-29-12-4-13-30-52)53-31-14-5-15-32-53/h1-47H. The molecule has 0 radical (unpaired) electrons. The van der Waals surface area contributed by atoms with Gasteiger partial charge in [0.1, 0.15) is 0 Å². The van der Waals surface area contributed by atoms with Gasteiger partial charge in [0, 0.05) is 16.8 Å². The fraction of sp³-hybridized carbons (Fsp3) is 0.0294. The van der Waals surface area contributed by atoms with Crippen LogP contribution in [0.3, 0.4) is 0 Å². The molecule has 11 aromatic rings. The zero-order valence-corrected chi connectivity index (χ0v) is 38.1. The molecule has 324 valence electrons. The predicted octanol–water partition coefficient (Wildman–Crippen LogP) is 17.2. The smallest absolute Gasteiger partial charge is 0.0734 e. The predicted molar refractivity (Wildman–Crippen MR) is 287 cm³/mol. The molecule has 0 saturated heterocycles. The van der Waals surface area contributed by atoms with Crippen LogP contribution >= 0.6 is 0 Å². The molecule has 2 aliphatic carbocycles. The van der Waals surface area contributed by atoms with Crippen molar-refractivity contribution in [2.45, 2.75) is 10.8 Å². The maximum absolute atomic E-state index is 2.55. The molecule has 13 rings (SSSR count). The Hall–Kier alpha value is -8.78. The average molecular weight is 878 g/mol. The van der Waals surface area contributed by atoms with E-state index in [0.717, 1.165) is 28.2 Å². The van der Waals surface area contributed by atoms with E-state index in [1.54, 1.807) is 0 Å². The lowest BCUT2D eigenvalue weighted by Crippen LogP contribution is -2.30. The van der Waals surface area contributed by atoms with E-state index in [2.05, 4.69) is 290 Å². The minimum absolute atomic E-state index is 0.518. The maximum atomic E-state index is 2.55. The summed E-state index contributed by atoms with van der Waals surface area (Å²) in [5, 5.41) is 0. The minimum Gasteiger partial charge on any atom is -0.310 e. The van der Waals surface area contributed by atoms with E-state index in [1.807, 2.05) is 0 Å². The molecule has 0 N–H and O–H groups in total. The van der Waals surface area contributed by atoms with Crippen molar-refractivity contribution in [3.8, 4) is 44.5 Å². The van der Waals surface area contributed by atoms with E-state index >= 15 is 0 Å². The number of fused-ring (bicyclic) bond motifs is 6. The van der Waals surface area contributed by atoms with Gasteiger partial charge in [-0.25, -0.2) is 0 Å². The van der Waals surface area contributed by atoms with Crippen molar-refractivity contribution >= 4 is 17.1 Å². The van der Waals surface area contributed by atoms with Crippen molar-refractivity contribution in [2.24, 2.45) is 0 Å². The Morgan fingerprint density at radius 2 is 0.638 bits per heavy atom. The van der Waals surface area contributed by atoms with Crippen LogP contribution in [0.1, 0.15) is 44.5 Å². The number of hydrogen-bond donors (Lipinski definition) is 0. The van der Waals surface area contributed by atoms with Gasteiger partial charge in [-0.05, 0) is 108 Å². The molecule has 0 spiro atoms. The molecular formula is C68H47N. The fourth-order valence-corrected chi connectivity index (χ4v) is 12.0. The van der Waals surface area contributed by atoms with Crippen molar-refractivity contribution in [2.75, 3.05) is 4.90 Å². The Morgan fingerprint density at radius 1 is 0.232 bits per heavy atom. The van der Waals surface area contributed by atoms with E-state index in [4.69, 9.17) is 0 Å². The van der Waals surface area contributed by atoms with Crippen LogP contribution in [0.25, 0.3) is 44.5 Å². The third-order valence-electron chi connectivity index (χ3n) is 14.8. The van der Waals surface area contributed by atoms with Crippen LogP contribution in [0.5, 0.6) is 0 Å². The average Bonchev–Trinajstić information content (AvgIpc) is 3.92. The second-order valence-corrected chi connectivity index (χ2v) is 18.3. The highest BCUT2D eigenvalue weighted by Crippen LogP contribution is 2.61. The Kier molecular flexibility index (Phi) is 9.70. The zero-order valence-electron chi connectivity index (χ0n) is 38.1. The van der Waals surface area contributed by atoms with Gasteiger partial charge in [-0.2, -0.15) is 0 Å². The lowest BCUT2D eigenvalue weighted by atomic mass is 9.67. The molecule has 0 unspecified atom stereocenters. The normalized spacial score (nSPS) is 13.4. The summed E-state index contributed by atoms with van der Waals surface area (Å²) >= 11 is 0. The van der Waals surface area contributed by atoms with E-state index in [9.17, 15) is 0 Å². The summed E-state index contributed by atoms with van der Waals surface area (Å²) in [5.74, 6) is 0. The first-order valence-corrected chi connectivity index (χ1v) is 24.0. The van der Waals surface area contributed by atoms with Crippen molar-refractivity contribution in [1.82, 2.24) is 0 Å². The SMILES string of the molecule is c1ccc(-c2ccc(N(c3ccc(C4(c5ccccc5)c5ccccc5-c5ccccc54)cc3)c3cccc4c3C(c3ccccc3)(c3ccccc3)c3ccccc3-4)c(-c3ccccc3)c2)cc1. The molecule has 0 aliphatic heterocycles. The number of benzene rings is 11. The quantitative estimate of drug-likeness (QED) is 0.140. The number of hydrogen-bond acceptors (Lipinski definition) is 1. The molecule has 11 aromatic carbocycles.